The van der Waals surface area contributed by atoms with Crippen molar-refractivity contribution in [1.29, 1.82) is 0 Å². The first-order valence-electron chi connectivity index (χ1n) is 6.58. The van der Waals surface area contributed by atoms with Crippen molar-refractivity contribution in [1.82, 2.24) is 5.32 Å². The number of hydrogen-bond donors (Lipinski definition) is 3. The molecule has 0 heterocycles. The molecule has 5 nitrogen and oxygen atoms in total. The van der Waals surface area contributed by atoms with Gasteiger partial charge >= 0.3 is 5.97 Å². The number of carbonyl (C=O) groups excluding carboxylic acids is 1. The smallest absolute Gasteiger partial charge is 0.308 e. The summed E-state index contributed by atoms with van der Waals surface area (Å²) in [5, 5.41) is 11.7. The molecule has 0 rings (SSSR count). The molecule has 0 aliphatic heterocycles. The third kappa shape index (κ3) is 8.98. The normalized spacial score (nSPS) is 14.3. The number of amides is 1. The van der Waals surface area contributed by atoms with E-state index >= 15 is 0 Å². The molecule has 0 spiro atoms. The van der Waals surface area contributed by atoms with Crippen LogP contribution in [0.1, 0.15) is 46.5 Å². The molecule has 0 saturated carbocycles. The van der Waals surface area contributed by atoms with Crippen molar-refractivity contribution in [2.75, 3.05) is 6.54 Å². The van der Waals surface area contributed by atoms with Crippen LogP contribution in [-0.2, 0) is 9.59 Å². The van der Waals surface area contributed by atoms with Gasteiger partial charge in [0.25, 0.3) is 0 Å². The van der Waals surface area contributed by atoms with Crippen LogP contribution in [0.2, 0.25) is 0 Å². The summed E-state index contributed by atoms with van der Waals surface area (Å²) in [5.41, 5.74) is 5.59. The Hall–Kier alpha value is -1.10. The monoisotopic (exact) mass is 258 g/mol. The van der Waals surface area contributed by atoms with E-state index in [1.165, 1.54) is 0 Å². The largest absolute Gasteiger partial charge is 0.481 e. The standard InChI is InChI=1S/C13H26N2O3/c1-9(2)7-11(13(17)18)8-15-12(16)6-4-5-10(3)14/h9-11H,4-8,14H2,1-3H3,(H,15,16)(H,17,18). The van der Waals surface area contributed by atoms with Crippen molar-refractivity contribution in [3.63, 3.8) is 0 Å². The third-order valence-corrected chi connectivity index (χ3v) is 2.71. The van der Waals surface area contributed by atoms with Gasteiger partial charge in [0.1, 0.15) is 0 Å². The number of hydrogen-bond acceptors (Lipinski definition) is 3. The van der Waals surface area contributed by atoms with Crippen LogP contribution in [0.25, 0.3) is 0 Å². The molecule has 0 aliphatic carbocycles. The molecular formula is C13H26N2O3. The minimum absolute atomic E-state index is 0.0920. The lowest BCUT2D eigenvalue weighted by Crippen LogP contribution is -2.33. The highest BCUT2D eigenvalue weighted by Gasteiger charge is 2.19. The SMILES string of the molecule is CC(C)CC(CNC(=O)CCCC(C)N)C(=O)O. The summed E-state index contributed by atoms with van der Waals surface area (Å²) < 4.78 is 0. The second-order valence-corrected chi connectivity index (χ2v) is 5.34. The Kier molecular flexibility index (Phi) is 8.37. The van der Waals surface area contributed by atoms with Gasteiger partial charge in [0.05, 0.1) is 5.92 Å². The molecule has 0 radical (unpaired) electrons. The average molecular weight is 258 g/mol. The summed E-state index contributed by atoms with van der Waals surface area (Å²) in [7, 11) is 0. The maximum atomic E-state index is 11.5. The van der Waals surface area contributed by atoms with Gasteiger partial charge in [-0.1, -0.05) is 13.8 Å². The van der Waals surface area contributed by atoms with Gasteiger partial charge in [-0.3, -0.25) is 9.59 Å². The van der Waals surface area contributed by atoms with Crippen LogP contribution in [0.15, 0.2) is 0 Å². The minimum Gasteiger partial charge on any atom is -0.481 e. The molecule has 0 saturated heterocycles. The van der Waals surface area contributed by atoms with Crippen molar-refractivity contribution >= 4 is 11.9 Å². The van der Waals surface area contributed by atoms with Crippen LogP contribution in [0.4, 0.5) is 0 Å². The Morgan fingerprint density at radius 3 is 2.33 bits per heavy atom. The summed E-state index contributed by atoms with van der Waals surface area (Å²) in [6, 6.07) is 0.102. The second-order valence-electron chi connectivity index (χ2n) is 5.34. The quantitative estimate of drug-likeness (QED) is 0.582. The molecule has 0 aliphatic rings. The van der Waals surface area contributed by atoms with Crippen LogP contribution >= 0.6 is 0 Å². The number of carboxylic acids is 1. The van der Waals surface area contributed by atoms with E-state index in [9.17, 15) is 9.59 Å². The van der Waals surface area contributed by atoms with E-state index in [1.807, 2.05) is 20.8 Å². The van der Waals surface area contributed by atoms with E-state index < -0.39 is 11.9 Å². The van der Waals surface area contributed by atoms with Gasteiger partial charge in [-0.25, -0.2) is 0 Å². The van der Waals surface area contributed by atoms with Gasteiger partial charge in [-0.15, -0.1) is 0 Å². The number of carboxylic acid groups (broad SMARTS) is 1. The number of carbonyl (C=O) groups is 2. The highest BCUT2D eigenvalue weighted by molar-refractivity contribution is 5.77. The van der Waals surface area contributed by atoms with E-state index in [4.69, 9.17) is 10.8 Å². The zero-order valence-corrected chi connectivity index (χ0v) is 11.6. The molecule has 2 unspecified atom stereocenters. The van der Waals surface area contributed by atoms with Crippen molar-refractivity contribution < 1.29 is 14.7 Å². The molecule has 0 fully saturated rings. The van der Waals surface area contributed by atoms with Crippen LogP contribution in [-0.4, -0.2) is 29.6 Å². The Labute approximate surface area is 109 Å². The number of aliphatic carboxylic acids is 1. The van der Waals surface area contributed by atoms with Crippen molar-refractivity contribution in [2.24, 2.45) is 17.6 Å². The molecule has 0 bridgehead atoms. The molecule has 4 N–H and O–H groups in total. The Balaban J connectivity index is 3.89. The first kappa shape index (κ1) is 16.9. The van der Waals surface area contributed by atoms with E-state index in [2.05, 4.69) is 5.32 Å². The zero-order valence-electron chi connectivity index (χ0n) is 11.6. The fourth-order valence-electron chi connectivity index (χ4n) is 1.75. The molecule has 0 aromatic rings. The highest BCUT2D eigenvalue weighted by Crippen LogP contribution is 2.11. The van der Waals surface area contributed by atoms with Crippen LogP contribution in [0, 0.1) is 11.8 Å². The first-order chi connectivity index (χ1) is 8.32. The lowest BCUT2D eigenvalue weighted by molar-refractivity contribution is -0.142. The molecule has 106 valence electrons. The first-order valence-corrected chi connectivity index (χ1v) is 6.58. The average Bonchev–Trinajstić information content (AvgIpc) is 2.22. The predicted octanol–water partition coefficient (Wildman–Crippen LogP) is 1.37. The topological polar surface area (TPSA) is 92.4 Å². The van der Waals surface area contributed by atoms with E-state index in [-0.39, 0.29) is 18.5 Å². The predicted molar refractivity (Wildman–Crippen MR) is 71.1 cm³/mol. The van der Waals surface area contributed by atoms with Crippen LogP contribution in [0.3, 0.4) is 0 Å². The van der Waals surface area contributed by atoms with Gasteiger partial charge in [-0.2, -0.15) is 0 Å². The van der Waals surface area contributed by atoms with Crippen molar-refractivity contribution in [3.8, 4) is 0 Å². The molecule has 0 aromatic heterocycles. The Morgan fingerprint density at radius 2 is 1.89 bits per heavy atom. The number of nitrogens with two attached hydrogens (primary N) is 1. The molecule has 0 aromatic carbocycles. The summed E-state index contributed by atoms with van der Waals surface area (Å²) in [6.07, 6.45) is 2.54. The van der Waals surface area contributed by atoms with E-state index in [0.717, 1.165) is 12.8 Å². The summed E-state index contributed by atoms with van der Waals surface area (Å²) in [6.45, 7) is 6.06. The zero-order chi connectivity index (χ0) is 14.1. The number of nitrogens with one attached hydrogen (secondary N) is 1. The fourth-order valence-corrected chi connectivity index (χ4v) is 1.75. The molecule has 18 heavy (non-hydrogen) atoms. The van der Waals surface area contributed by atoms with Gasteiger partial charge in [0.2, 0.25) is 5.91 Å². The second kappa shape index (κ2) is 8.91. The molecule has 2 atom stereocenters. The summed E-state index contributed by atoms with van der Waals surface area (Å²) in [4.78, 5) is 22.5. The molecule has 5 heteroatoms. The maximum Gasteiger partial charge on any atom is 0.308 e. The van der Waals surface area contributed by atoms with Crippen LogP contribution < -0.4 is 11.1 Å². The lowest BCUT2D eigenvalue weighted by atomic mass is 9.97. The fraction of sp³-hybridized carbons (Fsp3) is 0.846. The van der Waals surface area contributed by atoms with Gasteiger partial charge in [0.15, 0.2) is 0 Å². The summed E-state index contributed by atoms with van der Waals surface area (Å²) >= 11 is 0. The Morgan fingerprint density at radius 1 is 1.28 bits per heavy atom. The van der Waals surface area contributed by atoms with Gasteiger partial charge < -0.3 is 16.2 Å². The third-order valence-electron chi connectivity index (χ3n) is 2.71. The lowest BCUT2D eigenvalue weighted by Gasteiger charge is -2.15. The van der Waals surface area contributed by atoms with Gasteiger partial charge in [0, 0.05) is 19.0 Å². The maximum absolute atomic E-state index is 11.5. The number of rotatable bonds is 9. The van der Waals surface area contributed by atoms with Crippen molar-refractivity contribution in [3.05, 3.63) is 0 Å². The molecular weight excluding hydrogens is 232 g/mol. The van der Waals surface area contributed by atoms with E-state index in [1.54, 1.807) is 0 Å². The highest BCUT2D eigenvalue weighted by atomic mass is 16.4. The van der Waals surface area contributed by atoms with Crippen LogP contribution in [0.5, 0.6) is 0 Å². The summed E-state index contributed by atoms with van der Waals surface area (Å²) in [5.74, 6) is -1.13. The van der Waals surface area contributed by atoms with E-state index in [0.29, 0.717) is 18.8 Å². The van der Waals surface area contributed by atoms with Gasteiger partial charge in [-0.05, 0) is 32.1 Å². The van der Waals surface area contributed by atoms with Crippen molar-refractivity contribution in [2.45, 2.75) is 52.5 Å². The Bertz CT molecular complexity index is 265. The molecule has 1 amide bonds. The minimum atomic E-state index is -0.848.